The van der Waals surface area contributed by atoms with Crippen molar-refractivity contribution < 1.29 is 9.53 Å². The van der Waals surface area contributed by atoms with E-state index in [4.69, 9.17) is 4.74 Å². The van der Waals surface area contributed by atoms with Crippen molar-refractivity contribution in [1.82, 2.24) is 19.8 Å². The number of esters is 1. The van der Waals surface area contributed by atoms with Crippen molar-refractivity contribution >= 4 is 5.97 Å². The number of carbonyl (C=O) groups excluding carboxylic acids is 1. The first-order valence-electron chi connectivity index (χ1n) is 7.73. The van der Waals surface area contributed by atoms with Crippen molar-refractivity contribution in [1.29, 1.82) is 0 Å². The summed E-state index contributed by atoms with van der Waals surface area (Å²) in [4.78, 5) is 18.9. The van der Waals surface area contributed by atoms with Gasteiger partial charge in [-0.05, 0) is 26.8 Å². The van der Waals surface area contributed by atoms with Crippen LogP contribution in [0.2, 0.25) is 0 Å². The molecule has 1 N–H and O–H groups in total. The third-order valence-corrected chi connectivity index (χ3v) is 3.85. The zero-order valence-electron chi connectivity index (χ0n) is 13.3. The maximum atomic E-state index is 12.3. The van der Waals surface area contributed by atoms with E-state index in [0.717, 1.165) is 38.4 Å². The first kappa shape index (κ1) is 16.0. The Hall–Kier alpha value is -1.40. The van der Waals surface area contributed by atoms with Gasteiger partial charge in [0.1, 0.15) is 11.4 Å². The smallest absolute Gasteiger partial charge is 0.327 e. The molecule has 1 aliphatic heterocycles. The number of hydrogen-bond donors (Lipinski definition) is 1. The summed E-state index contributed by atoms with van der Waals surface area (Å²) in [5.74, 6) is 0.885. The Balaban J connectivity index is 2.03. The lowest BCUT2D eigenvalue weighted by molar-refractivity contribution is -0.151. The van der Waals surface area contributed by atoms with Crippen molar-refractivity contribution in [3.8, 4) is 0 Å². The Morgan fingerprint density at radius 2 is 2.29 bits per heavy atom. The van der Waals surface area contributed by atoms with Crippen LogP contribution in [0.1, 0.15) is 33.0 Å². The van der Waals surface area contributed by atoms with Gasteiger partial charge in [0.05, 0.1) is 13.2 Å². The summed E-state index contributed by atoms with van der Waals surface area (Å²) in [5, 5.41) is 3.35. The molecule has 1 atom stereocenters. The molecule has 2 rings (SSSR count). The Morgan fingerprint density at radius 1 is 1.48 bits per heavy atom. The molecule has 0 spiro atoms. The van der Waals surface area contributed by atoms with Crippen LogP contribution in [0, 0.1) is 0 Å². The highest BCUT2D eigenvalue weighted by Gasteiger charge is 2.36. The molecule has 0 saturated carbocycles. The van der Waals surface area contributed by atoms with Gasteiger partial charge in [-0.25, -0.2) is 4.98 Å². The Morgan fingerprint density at radius 3 is 3.00 bits per heavy atom. The van der Waals surface area contributed by atoms with Gasteiger partial charge in [0.25, 0.3) is 0 Å². The maximum absolute atomic E-state index is 12.3. The summed E-state index contributed by atoms with van der Waals surface area (Å²) < 4.78 is 7.42. The fraction of sp³-hybridized carbons (Fsp3) is 0.733. The number of carbonyl (C=O) groups is 1. The summed E-state index contributed by atoms with van der Waals surface area (Å²) in [7, 11) is 0. The molecule has 0 fully saturated rings. The topological polar surface area (TPSA) is 59.4 Å². The third kappa shape index (κ3) is 3.83. The quantitative estimate of drug-likeness (QED) is 0.761. The van der Waals surface area contributed by atoms with Crippen LogP contribution in [0.5, 0.6) is 0 Å². The van der Waals surface area contributed by atoms with Gasteiger partial charge in [0.15, 0.2) is 0 Å². The van der Waals surface area contributed by atoms with E-state index < -0.39 is 5.54 Å². The Bertz CT molecular complexity index is 474. The van der Waals surface area contributed by atoms with Crippen LogP contribution < -0.4 is 5.32 Å². The monoisotopic (exact) mass is 294 g/mol. The van der Waals surface area contributed by atoms with Crippen molar-refractivity contribution in [3.05, 3.63) is 18.2 Å². The minimum absolute atomic E-state index is 0.174. The minimum Gasteiger partial charge on any atom is -0.465 e. The molecule has 1 aromatic rings. The highest BCUT2D eigenvalue weighted by atomic mass is 16.5. The number of hydrogen-bond acceptors (Lipinski definition) is 5. The SMILES string of the molecule is CCCNC(C)(CN1CCn2ccnc2C1)C(=O)OCC. The molecule has 0 amide bonds. The molecular formula is C15H26N4O2. The molecule has 6 nitrogen and oxygen atoms in total. The van der Waals surface area contributed by atoms with Crippen LogP contribution in [0.15, 0.2) is 12.4 Å². The predicted octanol–water partition coefficient (Wildman–Crippen LogP) is 1.02. The number of nitrogens with one attached hydrogen (secondary N) is 1. The molecule has 21 heavy (non-hydrogen) atoms. The number of fused-ring (bicyclic) bond motifs is 1. The standard InChI is InChI=1S/C15H26N4O2/c1-4-6-17-15(3,14(20)21-5-2)12-18-9-10-19-8-7-16-13(19)11-18/h7-8,17H,4-6,9-12H2,1-3H3. The molecule has 0 aliphatic carbocycles. The Labute approximate surface area is 126 Å². The largest absolute Gasteiger partial charge is 0.465 e. The summed E-state index contributed by atoms with van der Waals surface area (Å²) in [6.07, 6.45) is 4.82. The highest BCUT2D eigenvalue weighted by molar-refractivity contribution is 5.80. The second-order valence-electron chi connectivity index (χ2n) is 5.73. The zero-order valence-corrected chi connectivity index (χ0v) is 13.3. The van der Waals surface area contributed by atoms with Crippen molar-refractivity contribution in [3.63, 3.8) is 0 Å². The number of ether oxygens (including phenoxy) is 1. The second-order valence-corrected chi connectivity index (χ2v) is 5.73. The predicted molar refractivity (Wildman–Crippen MR) is 80.8 cm³/mol. The molecule has 0 saturated heterocycles. The van der Waals surface area contributed by atoms with Gasteiger partial charge in [-0.1, -0.05) is 6.92 Å². The van der Waals surface area contributed by atoms with E-state index in [0.29, 0.717) is 13.2 Å². The van der Waals surface area contributed by atoms with E-state index in [2.05, 4.69) is 26.7 Å². The van der Waals surface area contributed by atoms with E-state index >= 15 is 0 Å². The maximum Gasteiger partial charge on any atom is 0.327 e. The van der Waals surface area contributed by atoms with Crippen LogP contribution in [0.4, 0.5) is 0 Å². The van der Waals surface area contributed by atoms with Gasteiger partial charge >= 0.3 is 5.97 Å². The van der Waals surface area contributed by atoms with Crippen LogP contribution in [0.25, 0.3) is 0 Å². The lowest BCUT2D eigenvalue weighted by Crippen LogP contribution is -2.58. The molecule has 118 valence electrons. The van der Waals surface area contributed by atoms with E-state index in [1.54, 1.807) is 0 Å². The lowest BCUT2D eigenvalue weighted by Gasteiger charge is -2.36. The molecule has 0 radical (unpaired) electrons. The van der Waals surface area contributed by atoms with Gasteiger partial charge in [-0.2, -0.15) is 0 Å². The number of imidazole rings is 1. The molecule has 1 unspecified atom stereocenters. The number of rotatable bonds is 7. The minimum atomic E-state index is -0.666. The fourth-order valence-electron chi connectivity index (χ4n) is 2.69. The van der Waals surface area contributed by atoms with Gasteiger partial charge < -0.3 is 14.6 Å². The van der Waals surface area contributed by atoms with Gasteiger partial charge in [-0.15, -0.1) is 0 Å². The van der Waals surface area contributed by atoms with E-state index in [-0.39, 0.29) is 5.97 Å². The van der Waals surface area contributed by atoms with Gasteiger partial charge in [0.2, 0.25) is 0 Å². The van der Waals surface area contributed by atoms with Crippen molar-refractivity contribution in [2.24, 2.45) is 0 Å². The highest BCUT2D eigenvalue weighted by Crippen LogP contribution is 2.16. The first-order chi connectivity index (χ1) is 10.1. The summed E-state index contributed by atoms with van der Waals surface area (Å²) in [5.41, 5.74) is -0.666. The molecule has 1 aromatic heterocycles. The van der Waals surface area contributed by atoms with Gasteiger partial charge in [0, 0.05) is 32.0 Å². The average Bonchev–Trinajstić information content (AvgIpc) is 2.93. The fourth-order valence-corrected chi connectivity index (χ4v) is 2.69. The molecule has 6 heteroatoms. The molecule has 2 heterocycles. The van der Waals surface area contributed by atoms with Crippen molar-refractivity contribution in [2.45, 2.75) is 45.8 Å². The molecule has 0 aromatic carbocycles. The number of aromatic nitrogens is 2. The summed E-state index contributed by atoms with van der Waals surface area (Å²) >= 11 is 0. The first-order valence-corrected chi connectivity index (χ1v) is 7.73. The molecule has 1 aliphatic rings. The summed E-state index contributed by atoms with van der Waals surface area (Å²) in [6.45, 7) is 10.3. The van der Waals surface area contributed by atoms with E-state index in [1.165, 1.54) is 0 Å². The van der Waals surface area contributed by atoms with Crippen LogP contribution in [-0.2, 0) is 22.6 Å². The van der Waals surface area contributed by atoms with Crippen molar-refractivity contribution in [2.75, 3.05) is 26.2 Å². The van der Waals surface area contributed by atoms with Crippen LogP contribution in [0.3, 0.4) is 0 Å². The van der Waals surface area contributed by atoms with Crippen LogP contribution >= 0.6 is 0 Å². The lowest BCUT2D eigenvalue weighted by atomic mass is 10.0. The van der Waals surface area contributed by atoms with E-state index in [9.17, 15) is 4.79 Å². The Kier molecular flexibility index (Phi) is 5.36. The normalized spacial score (nSPS) is 18.0. The second kappa shape index (κ2) is 7.04. The molecule has 0 bridgehead atoms. The summed E-state index contributed by atoms with van der Waals surface area (Å²) in [6, 6.07) is 0. The van der Waals surface area contributed by atoms with Gasteiger partial charge in [-0.3, -0.25) is 9.69 Å². The van der Waals surface area contributed by atoms with Crippen LogP contribution in [-0.4, -0.2) is 52.2 Å². The zero-order chi connectivity index (χ0) is 15.3. The van der Waals surface area contributed by atoms with E-state index in [1.807, 2.05) is 26.2 Å². The third-order valence-electron chi connectivity index (χ3n) is 3.85. The average molecular weight is 294 g/mol. The molecular weight excluding hydrogens is 268 g/mol. The number of nitrogens with zero attached hydrogens (tertiary/aromatic N) is 3.